The fourth-order valence-electron chi connectivity index (χ4n) is 2.35. The van der Waals surface area contributed by atoms with Gasteiger partial charge in [-0.15, -0.1) is 0 Å². The van der Waals surface area contributed by atoms with Crippen LogP contribution in [0.3, 0.4) is 0 Å². The van der Waals surface area contributed by atoms with Crippen LogP contribution < -0.4 is 10.8 Å². The van der Waals surface area contributed by atoms with Gasteiger partial charge in [0.25, 0.3) is 11.8 Å². The average molecular weight is 324 g/mol. The molecule has 2 amide bonds. The van der Waals surface area contributed by atoms with Gasteiger partial charge in [-0.1, -0.05) is 24.3 Å². The molecular weight excluding hydrogens is 311 g/mol. The molecule has 24 heavy (non-hydrogen) atoms. The first-order chi connectivity index (χ1) is 11.6. The van der Waals surface area contributed by atoms with Crippen molar-refractivity contribution in [3.05, 3.63) is 77.6 Å². The summed E-state index contributed by atoms with van der Waals surface area (Å²) in [5, 5.41) is 12.7. The smallest absolute Gasteiger partial charge is 0.274 e. The molecule has 3 rings (SSSR count). The van der Waals surface area contributed by atoms with E-state index < -0.39 is 17.6 Å². The normalized spacial score (nSPS) is 10.4. The molecule has 3 aromatic rings. The van der Waals surface area contributed by atoms with Gasteiger partial charge in [-0.2, -0.15) is 0 Å². The molecule has 120 valence electrons. The highest BCUT2D eigenvalue weighted by atomic mass is 19.1. The number of amides is 2. The molecule has 0 unspecified atom stereocenters. The standard InChI is InChI=1S/C18H13FN2O3/c19-15-3-1-2-4-16(15)20-17(22)13-7-5-12-10-14(18(23)21-24)8-6-11(12)9-13/h1-10,24H,(H,20,22)(H,21,23). The van der Waals surface area contributed by atoms with Crippen molar-refractivity contribution in [2.24, 2.45) is 0 Å². The zero-order chi connectivity index (χ0) is 17.1. The number of carbonyl (C=O) groups excluding carboxylic acids is 2. The molecule has 5 nitrogen and oxygen atoms in total. The molecule has 0 saturated heterocycles. The van der Waals surface area contributed by atoms with E-state index in [1.165, 1.54) is 18.2 Å². The molecule has 0 aliphatic heterocycles. The number of hydroxylamine groups is 1. The molecule has 3 aromatic carbocycles. The van der Waals surface area contributed by atoms with Gasteiger partial charge in [0.1, 0.15) is 5.82 Å². The summed E-state index contributed by atoms with van der Waals surface area (Å²) >= 11 is 0. The summed E-state index contributed by atoms with van der Waals surface area (Å²) < 4.78 is 13.6. The van der Waals surface area contributed by atoms with Gasteiger partial charge in [0.2, 0.25) is 0 Å². The first-order valence-electron chi connectivity index (χ1n) is 7.12. The van der Waals surface area contributed by atoms with Crippen LogP contribution in [-0.4, -0.2) is 17.0 Å². The largest absolute Gasteiger partial charge is 0.319 e. The van der Waals surface area contributed by atoms with E-state index in [0.717, 1.165) is 10.8 Å². The molecule has 3 N–H and O–H groups in total. The Bertz CT molecular complexity index is 940. The summed E-state index contributed by atoms with van der Waals surface area (Å²) in [6.07, 6.45) is 0. The molecule has 0 radical (unpaired) electrons. The fourth-order valence-corrected chi connectivity index (χ4v) is 2.35. The van der Waals surface area contributed by atoms with Crippen molar-refractivity contribution in [2.45, 2.75) is 0 Å². The molecule has 0 fully saturated rings. The molecule has 0 spiro atoms. The summed E-state index contributed by atoms with van der Waals surface area (Å²) in [6.45, 7) is 0. The number of hydrogen-bond donors (Lipinski definition) is 3. The zero-order valence-corrected chi connectivity index (χ0v) is 12.4. The third kappa shape index (κ3) is 3.09. The molecule has 0 heterocycles. The Morgan fingerprint density at radius 3 is 2.00 bits per heavy atom. The van der Waals surface area contributed by atoms with E-state index in [2.05, 4.69) is 5.32 Å². The first kappa shape index (κ1) is 15.6. The highest BCUT2D eigenvalue weighted by Gasteiger charge is 2.10. The minimum absolute atomic E-state index is 0.109. The van der Waals surface area contributed by atoms with E-state index >= 15 is 0 Å². The van der Waals surface area contributed by atoms with E-state index in [0.29, 0.717) is 11.1 Å². The summed E-state index contributed by atoms with van der Waals surface area (Å²) in [6, 6.07) is 15.6. The van der Waals surface area contributed by atoms with Crippen molar-refractivity contribution < 1.29 is 19.2 Å². The monoisotopic (exact) mass is 324 g/mol. The van der Waals surface area contributed by atoms with Gasteiger partial charge in [-0.05, 0) is 47.2 Å². The number of rotatable bonds is 3. The molecule has 0 aromatic heterocycles. The van der Waals surface area contributed by atoms with Crippen LogP contribution in [0, 0.1) is 5.82 Å². The number of nitrogens with one attached hydrogen (secondary N) is 2. The first-order valence-corrected chi connectivity index (χ1v) is 7.12. The second-order valence-corrected chi connectivity index (χ2v) is 5.15. The molecule has 0 aliphatic rings. The molecular formula is C18H13FN2O3. The SMILES string of the molecule is O=C(NO)c1ccc2cc(C(=O)Nc3ccccc3F)ccc2c1. The van der Waals surface area contributed by atoms with Crippen LogP contribution in [0.1, 0.15) is 20.7 Å². The van der Waals surface area contributed by atoms with Crippen molar-refractivity contribution in [3.63, 3.8) is 0 Å². The van der Waals surface area contributed by atoms with E-state index in [9.17, 15) is 14.0 Å². The lowest BCUT2D eigenvalue weighted by atomic mass is 10.0. The number of hydrogen-bond acceptors (Lipinski definition) is 3. The van der Waals surface area contributed by atoms with Gasteiger partial charge in [-0.25, -0.2) is 9.87 Å². The maximum Gasteiger partial charge on any atom is 0.274 e. The van der Waals surface area contributed by atoms with Gasteiger partial charge in [0.05, 0.1) is 5.69 Å². The van der Waals surface area contributed by atoms with Crippen LogP contribution in [0.4, 0.5) is 10.1 Å². The van der Waals surface area contributed by atoms with Crippen LogP contribution in [-0.2, 0) is 0 Å². The van der Waals surface area contributed by atoms with Gasteiger partial charge >= 0.3 is 0 Å². The molecule has 0 atom stereocenters. The summed E-state index contributed by atoms with van der Waals surface area (Å²) in [4.78, 5) is 23.7. The number of anilines is 1. The molecule has 0 aliphatic carbocycles. The topological polar surface area (TPSA) is 78.4 Å². The minimum atomic E-state index is -0.613. The lowest BCUT2D eigenvalue weighted by molar-refractivity contribution is 0.0706. The number of halogens is 1. The van der Waals surface area contributed by atoms with E-state index in [1.807, 2.05) is 0 Å². The van der Waals surface area contributed by atoms with E-state index in [1.54, 1.807) is 47.9 Å². The van der Waals surface area contributed by atoms with Crippen molar-refractivity contribution in [3.8, 4) is 0 Å². The third-order valence-corrected chi connectivity index (χ3v) is 3.59. The van der Waals surface area contributed by atoms with Gasteiger partial charge < -0.3 is 5.32 Å². The Morgan fingerprint density at radius 2 is 1.42 bits per heavy atom. The predicted molar refractivity (Wildman–Crippen MR) is 87.6 cm³/mol. The second kappa shape index (κ2) is 6.47. The molecule has 6 heteroatoms. The van der Waals surface area contributed by atoms with Gasteiger partial charge in [0, 0.05) is 11.1 Å². The van der Waals surface area contributed by atoms with Crippen molar-refractivity contribution in [1.29, 1.82) is 0 Å². The predicted octanol–water partition coefficient (Wildman–Crippen LogP) is 3.35. The zero-order valence-electron chi connectivity index (χ0n) is 12.4. The Hall–Kier alpha value is -3.25. The lowest BCUT2D eigenvalue weighted by Gasteiger charge is -2.08. The van der Waals surface area contributed by atoms with Crippen LogP contribution >= 0.6 is 0 Å². The number of benzene rings is 3. The van der Waals surface area contributed by atoms with E-state index in [4.69, 9.17) is 5.21 Å². The Labute approximate surface area is 136 Å². The summed E-state index contributed by atoms with van der Waals surface area (Å²) in [5.41, 5.74) is 2.34. The maximum absolute atomic E-state index is 13.6. The number of carbonyl (C=O) groups is 2. The van der Waals surface area contributed by atoms with Crippen LogP contribution in [0.15, 0.2) is 60.7 Å². The van der Waals surface area contributed by atoms with Crippen molar-refractivity contribution in [1.82, 2.24) is 5.48 Å². The van der Waals surface area contributed by atoms with Crippen molar-refractivity contribution in [2.75, 3.05) is 5.32 Å². The Kier molecular flexibility index (Phi) is 4.22. The minimum Gasteiger partial charge on any atom is -0.319 e. The quantitative estimate of drug-likeness (QED) is 0.511. The highest BCUT2D eigenvalue weighted by Crippen LogP contribution is 2.20. The summed E-state index contributed by atoms with van der Waals surface area (Å²) in [5.74, 6) is -1.55. The van der Waals surface area contributed by atoms with Crippen molar-refractivity contribution >= 4 is 28.3 Å². The average Bonchev–Trinajstić information content (AvgIpc) is 2.62. The third-order valence-electron chi connectivity index (χ3n) is 3.59. The highest BCUT2D eigenvalue weighted by molar-refractivity contribution is 6.07. The summed E-state index contributed by atoms with van der Waals surface area (Å²) in [7, 11) is 0. The number of fused-ring (bicyclic) bond motifs is 1. The Balaban J connectivity index is 1.89. The van der Waals surface area contributed by atoms with E-state index in [-0.39, 0.29) is 5.69 Å². The number of para-hydroxylation sites is 1. The van der Waals surface area contributed by atoms with Crippen LogP contribution in [0.5, 0.6) is 0 Å². The van der Waals surface area contributed by atoms with Crippen LogP contribution in [0.25, 0.3) is 10.8 Å². The lowest BCUT2D eigenvalue weighted by Crippen LogP contribution is -2.18. The van der Waals surface area contributed by atoms with Crippen LogP contribution in [0.2, 0.25) is 0 Å². The maximum atomic E-state index is 13.6. The van der Waals surface area contributed by atoms with Gasteiger partial charge in [0.15, 0.2) is 0 Å². The van der Waals surface area contributed by atoms with Gasteiger partial charge in [-0.3, -0.25) is 14.8 Å². The fraction of sp³-hybridized carbons (Fsp3) is 0. The second-order valence-electron chi connectivity index (χ2n) is 5.15. The molecule has 0 saturated carbocycles. The Morgan fingerprint density at radius 1 is 0.833 bits per heavy atom. The molecule has 0 bridgehead atoms.